The van der Waals surface area contributed by atoms with Crippen LogP contribution < -0.4 is 10.1 Å². The monoisotopic (exact) mass is 247 g/mol. The number of benzene rings is 2. The quantitative estimate of drug-likeness (QED) is 0.868. The Balaban J connectivity index is 2.28. The predicted molar refractivity (Wildman–Crippen MR) is 72.5 cm³/mol. The lowest BCUT2D eigenvalue weighted by molar-refractivity contribution is 0.414. The summed E-state index contributed by atoms with van der Waals surface area (Å²) in [6.07, 6.45) is 0. The van der Waals surface area contributed by atoms with Gasteiger partial charge in [0, 0.05) is 5.69 Å². The number of hydrogen-bond acceptors (Lipinski definition) is 2. The Hall–Kier alpha value is -1.67. The van der Waals surface area contributed by atoms with Crippen LogP contribution >= 0.6 is 11.6 Å². The van der Waals surface area contributed by atoms with Gasteiger partial charge in [-0.25, -0.2) is 0 Å². The summed E-state index contributed by atoms with van der Waals surface area (Å²) in [6.45, 7) is 2.03. The fourth-order valence-corrected chi connectivity index (χ4v) is 1.79. The summed E-state index contributed by atoms with van der Waals surface area (Å²) in [5.74, 6) is 0.854. The van der Waals surface area contributed by atoms with Crippen molar-refractivity contribution in [3.05, 3.63) is 53.1 Å². The molecule has 0 spiro atoms. The van der Waals surface area contributed by atoms with Gasteiger partial charge in [-0.05, 0) is 42.8 Å². The highest BCUT2D eigenvalue weighted by atomic mass is 35.5. The molecule has 0 aliphatic heterocycles. The van der Waals surface area contributed by atoms with Gasteiger partial charge in [0.25, 0.3) is 0 Å². The summed E-state index contributed by atoms with van der Waals surface area (Å²) < 4.78 is 5.17. The first-order valence-corrected chi connectivity index (χ1v) is 5.74. The molecule has 2 rings (SSSR count). The van der Waals surface area contributed by atoms with Gasteiger partial charge in [0.2, 0.25) is 0 Å². The van der Waals surface area contributed by atoms with E-state index in [1.54, 1.807) is 7.11 Å². The number of halogens is 1. The second-order valence-electron chi connectivity index (χ2n) is 3.79. The third-order valence-corrected chi connectivity index (χ3v) is 2.91. The molecule has 0 heterocycles. The molecule has 0 radical (unpaired) electrons. The predicted octanol–water partition coefficient (Wildman–Crippen LogP) is 4.40. The van der Waals surface area contributed by atoms with E-state index in [9.17, 15) is 0 Å². The Morgan fingerprint density at radius 3 is 2.47 bits per heavy atom. The second kappa shape index (κ2) is 5.11. The Morgan fingerprint density at radius 1 is 1.06 bits per heavy atom. The largest absolute Gasteiger partial charge is 0.497 e. The first kappa shape index (κ1) is 11.8. The molecule has 0 atom stereocenters. The summed E-state index contributed by atoms with van der Waals surface area (Å²) in [4.78, 5) is 0. The van der Waals surface area contributed by atoms with E-state index in [-0.39, 0.29) is 0 Å². The van der Waals surface area contributed by atoms with Gasteiger partial charge in [-0.3, -0.25) is 0 Å². The first-order chi connectivity index (χ1) is 8.20. The van der Waals surface area contributed by atoms with Crippen LogP contribution in [0.15, 0.2) is 42.5 Å². The van der Waals surface area contributed by atoms with E-state index < -0.39 is 0 Å². The summed E-state index contributed by atoms with van der Waals surface area (Å²) in [5.41, 5.74) is 3.05. The summed E-state index contributed by atoms with van der Waals surface area (Å²) in [7, 11) is 1.66. The number of nitrogens with one attached hydrogen (secondary N) is 1. The van der Waals surface area contributed by atoms with Crippen molar-refractivity contribution < 1.29 is 4.74 Å². The second-order valence-corrected chi connectivity index (χ2v) is 4.19. The zero-order chi connectivity index (χ0) is 12.3. The third-order valence-electron chi connectivity index (χ3n) is 2.58. The number of anilines is 2. The van der Waals surface area contributed by atoms with E-state index in [4.69, 9.17) is 16.3 Å². The Labute approximate surface area is 106 Å². The molecule has 0 amide bonds. The maximum Gasteiger partial charge on any atom is 0.119 e. The standard InChI is InChI=1S/C14H14ClNO/c1-10-9-11(17-2)7-8-13(10)16-14-6-4-3-5-12(14)15/h3-9,16H,1-2H3. The number of methoxy groups -OCH3 is 1. The Bertz CT molecular complexity index is 525. The number of hydrogen-bond donors (Lipinski definition) is 1. The SMILES string of the molecule is COc1ccc(Nc2ccccc2Cl)c(C)c1. The zero-order valence-electron chi connectivity index (χ0n) is 9.83. The molecule has 0 fully saturated rings. The topological polar surface area (TPSA) is 21.3 Å². The Morgan fingerprint density at radius 2 is 1.82 bits per heavy atom. The van der Waals surface area contributed by atoms with E-state index in [0.717, 1.165) is 22.7 Å². The highest BCUT2D eigenvalue weighted by Gasteiger charge is 2.03. The first-order valence-electron chi connectivity index (χ1n) is 5.37. The molecule has 2 nitrogen and oxygen atoms in total. The summed E-state index contributed by atoms with van der Waals surface area (Å²) >= 11 is 6.10. The molecule has 3 heteroatoms. The van der Waals surface area contributed by atoms with E-state index >= 15 is 0 Å². The van der Waals surface area contributed by atoms with Gasteiger partial charge in [-0.15, -0.1) is 0 Å². The lowest BCUT2D eigenvalue weighted by atomic mass is 10.2. The number of ether oxygens (including phenoxy) is 1. The van der Waals surface area contributed by atoms with Crippen molar-refractivity contribution in [2.45, 2.75) is 6.92 Å². The molecule has 2 aromatic rings. The fraction of sp³-hybridized carbons (Fsp3) is 0.143. The smallest absolute Gasteiger partial charge is 0.119 e. The van der Waals surface area contributed by atoms with Crippen LogP contribution in [-0.2, 0) is 0 Å². The van der Waals surface area contributed by atoms with E-state index in [1.807, 2.05) is 49.4 Å². The van der Waals surface area contributed by atoms with Crippen molar-refractivity contribution in [1.29, 1.82) is 0 Å². The molecule has 0 saturated heterocycles. The minimum absolute atomic E-state index is 0.711. The number of rotatable bonds is 3. The van der Waals surface area contributed by atoms with Crippen LogP contribution in [0.1, 0.15) is 5.56 Å². The van der Waals surface area contributed by atoms with Gasteiger partial charge < -0.3 is 10.1 Å². The van der Waals surface area contributed by atoms with Crippen molar-refractivity contribution in [2.24, 2.45) is 0 Å². The maximum atomic E-state index is 6.10. The van der Waals surface area contributed by atoms with Crippen molar-refractivity contribution in [3.63, 3.8) is 0 Å². The molecule has 88 valence electrons. The van der Waals surface area contributed by atoms with Crippen molar-refractivity contribution in [3.8, 4) is 5.75 Å². The van der Waals surface area contributed by atoms with Crippen LogP contribution in [0.25, 0.3) is 0 Å². The van der Waals surface area contributed by atoms with Crippen LogP contribution in [0.2, 0.25) is 5.02 Å². The van der Waals surface area contributed by atoms with Crippen LogP contribution in [0.3, 0.4) is 0 Å². The van der Waals surface area contributed by atoms with Crippen molar-refractivity contribution in [1.82, 2.24) is 0 Å². The molecule has 0 saturated carbocycles. The highest BCUT2D eigenvalue weighted by Crippen LogP contribution is 2.28. The molecule has 0 aliphatic rings. The summed E-state index contributed by atoms with van der Waals surface area (Å²) in [5, 5.41) is 4.02. The van der Waals surface area contributed by atoms with Gasteiger partial charge in [0.15, 0.2) is 0 Å². The fourth-order valence-electron chi connectivity index (χ4n) is 1.61. The van der Waals surface area contributed by atoms with Crippen molar-refractivity contribution in [2.75, 3.05) is 12.4 Å². The van der Waals surface area contributed by atoms with E-state index in [0.29, 0.717) is 5.02 Å². The molecule has 0 bridgehead atoms. The molecular weight excluding hydrogens is 234 g/mol. The molecule has 0 unspecified atom stereocenters. The zero-order valence-corrected chi connectivity index (χ0v) is 10.6. The van der Waals surface area contributed by atoms with Crippen LogP contribution in [0.5, 0.6) is 5.75 Å². The van der Waals surface area contributed by atoms with Gasteiger partial charge in [-0.2, -0.15) is 0 Å². The number of para-hydroxylation sites is 1. The van der Waals surface area contributed by atoms with Gasteiger partial charge in [0.05, 0.1) is 17.8 Å². The van der Waals surface area contributed by atoms with Crippen LogP contribution in [0, 0.1) is 6.92 Å². The third kappa shape index (κ3) is 2.71. The van der Waals surface area contributed by atoms with E-state index in [1.165, 1.54) is 0 Å². The van der Waals surface area contributed by atoms with Crippen LogP contribution in [0.4, 0.5) is 11.4 Å². The molecule has 0 aromatic heterocycles. The molecular formula is C14H14ClNO. The average molecular weight is 248 g/mol. The lowest BCUT2D eigenvalue weighted by Crippen LogP contribution is -1.94. The van der Waals surface area contributed by atoms with Crippen LogP contribution in [-0.4, -0.2) is 7.11 Å². The van der Waals surface area contributed by atoms with Gasteiger partial charge >= 0.3 is 0 Å². The molecule has 0 aliphatic carbocycles. The highest BCUT2D eigenvalue weighted by molar-refractivity contribution is 6.33. The van der Waals surface area contributed by atoms with Gasteiger partial charge in [0.1, 0.15) is 5.75 Å². The van der Waals surface area contributed by atoms with Crippen molar-refractivity contribution >= 4 is 23.0 Å². The van der Waals surface area contributed by atoms with E-state index in [2.05, 4.69) is 5.32 Å². The minimum Gasteiger partial charge on any atom is -0.497 e. The lowest BCUT2D eigenvalue weighted by Gasteiger charge is -2.11. The average Bonchev–Trinajstić information content (AvgIpc) is 2.34. The minimum atomic E-state index is 0.711. The Kier molecular flexibility index (Phi) is 3.55. The molecule has 2 aromatic carbocycles. The summed E-state index contributed by atoms with van der Waals surface area (Å²) in [6, 6.07) is 13.6. The number of aryl methyl sites for hydroxylation is 1. The van der Waals surface area contributed by atoms with Gasteiger partial charge in [-0.1, -0.05) is 23.7 Å². The maximum absolute atomic E-state index is 6.10. The normalized spacial score (nSPS) is 10.1. The molecule has 1 N–H and O–H groups in total. The molecule has 17 heavy (non-hydrogen) atoms.